The van der Waals surface area contributed by atoms with Crippen LogP contribution in [0.15, 0.2) is 60.6 Å². The quantitative estimate of drug-likeness (QED) is 0.392. The number of aromatic nitrogens is 2. The fourth-order valence-corrected chi connectivity index (χ4v) is 5.63. The van der Waals surface area contributed by atoms with Crippen LogP contribution in [-0.4, -0.2) is 46.9 Å². The number of hydrogen-bond acceptors (Lipinski definition) is 7. The zero-order valence-corrected chi connectivity index (χ0v) is 23.5. The molecular formula is C31H36FN5O3. The van der Waals surface area contributed by atoms with Crippen LogP contribution in [0.25, 0.3) is 5.57 Å². The molecule has 0 aromatic carbocycles. The Morgan fingerprint density at radius 2 is 2.12 bits per heavy atom. The van der Waals surface area contributed by atoms with Gasteiger partial charge >= 0.3 is 0 Å². The Kier molecular flexibility index (Phi) is 8.40. The summed E-state index contributed by atoms with van der Waals surface area (Å²) in [5.74, 6) is -0.405. The number of carbonyl (C=O) groups is 1. The molecule has 2 aromatic rings. The Labute approximate surface area is 234 Å². The zero-order valence-electron chi connectivity index (χ0n) is 23.5. The Hall–Kier alpha value is -4.03. The molecule has 1 saturated heterocycles. The molecule has 0 bridgehead atoms. The summed E-state index contributed by atoms with van der Waals surface area (Å²) >= 11 is 0. The molecule has 1 aliphatic carbocycles. The molecule has 2 aromatic heterocycles. The van der Waals surface area contributed by atoms with Gasteiger partial charge in [0.1, 0.15) is 16.9 Å². The lowest BCUT2D eigenvalue weighted by Gasteiger charge is -2.40. The van der Waals surface area contributed by atoms with Crippen LogP contribution in [0.4, 0.5) is 10.1 Å². The van der Waals surface area contributed by atoms with Gasteiger partial charge in [0.2, 0.25) is 5.88 Å². The monoisotopic (exact) mass is 545 g/mol. The van der Waals surface area contributed by atoms with E-state index in [1.54, 1.807) is 44.2 Å². The van der Waals surface area contributed by atoms with Gasteiger partial charge in [-0.15, -0.1) is 0 Å². The summed E-state index contributed by atoms with van der Waals surface area (Å²) in [6, 6.07) is 9.48. The van der Waals surface area contributed by atoms with Gasteiger partial charge < -0.3 is 20.1 Å². The van der Waals surface area contributed by atoms with E-state index < -0.39 is 22.9 Å². The van der Waals surface area contributed by atoms with Crippen LogP contribution >= 0.6 is 0 Å². The highest BCUT2D eigenvalue weighted by atomic mass is 19.1. The lowest BCUT2D eigenvalue weighted by Crippen LogP contribution is -2.52. The molecule has 1 unspecified atom stereocenters. The molecule has 210 valence electrons. The van der Waals surface area contributed by atoms with E-state index >= 15 is 0 Å². The van der Waals surface area contributed by atoms with Crippen molar-refractivity contribution in [3.8, 4) is 11.9 Å². The third-order valence-electron chi connectivity index (χ3n) is 7.91. The van der Waals surface area contributed by atoms with Gasteiger partial charge in [-0.3, -0.25) is 4.79 Å². The number of nitrogens with one attached hydrogen (secondary N) is 1. The van der Waals surface area contributed by atoms with Crippen molar-refractivity contribution in [3.05, 3.63) is 77.5 Å². The van der Waals surface area contributed by atoms with E-state index in [0.29, 0.717) is 42.2 Å². The molecule has 1 saturated carbocycles. The number of methoxy groups -OCH3 is 1. The number of halogens is 1. The summed E-state index contributed by atoms with van der Waals surface area (Å²) < 4.78 is 19.0. The number of carbonyl (C=O) groups excluding carboxylic acids is 1. The molecule has 8 nitrogen and oxygen atoms in total. The van der Waals surface area contributed by atoms with E-state index in [2.05, 4.69) is 27.9 Å². The number of aliphatic hydroxyl groups is 1. The van der Waals surface area contributed by atoms with E-state index in [-0.39, 0.29) is 18.2 Å². The molecule has 40 heavy (non-hydrogen) atoms. The molecule has 1 amide bonds. The van der Waals surface area contributed by atoms with Gasteiger partial charge in [-0.05, 0) is 86.4 Å². The fraction of sp³-hybridized carbons (Fsp3) is 0.419. The number of amides is 1. The smallest absolute Gasteiger partial charge is 0.270 e. The number of anilines is 1. The molecule has 2 aliphatic rings. The summed E-state index contributed by atoms with van der Waals surface area (Å²) in [6.07, 6.45) is 7.86. The van der Waals surface area contributed by atoms with Crippen molar-refractivity contribution in [1.82, 2.24) is 15.3 Å². The normalized spacial score (nSPS) is 23.1. The van der Waals surface area contributed by atoms with E-state index in [1.165, 1.54) is 6.08 Å². The highest BCUT2D eigenvalue weighted by molar-refractivity contribution is 5.93. The average molecular weight is 546 g/mol. The maximum Gasteiger partial charge on any atom is 0.270 e. The number of nitrogens with zero attached hydrogens (tertiary/aromatic N) is 4. The second-order valence-electron chi connectivity index (χ2n) is 10.6. The molecule has 1 aliphatic heterocycles. The lowest BCUT2D eigenvalue weighted by molar-refractivity contribution is -0.0238. The van der Waals surface area contributed by atoms with Crippen molar-refractivity contribution >= 4 is 17.2 Å². The number of nitriles is 1. The number of ether oxygens (including phenoxy) is 1. The Morgan fingerprint density at radius 1 is 1.38 bits per heavy atom. The summed E-state index contributed by atoms with van der Waals surface area (Å²) in [5, 5.41) is 24.4. The number of aryl methyl sites for hydroxylation is 1. The summed E-state index contributed by atoms with van der Waals surface area (Å²) in [6.45, 7) is 9.33. The van der Waals surface area contributed by atoms with Crippen molar-refractivity contribution in [2.75, 3.05) is 25.1 Å². The van der Waals surface area contributed by atoms with Gasteiger partial charge in [-0.1, -0.05) is 19.6 Å². The van der Waals surface area contributed by atoms with Crippen LogP contribution in [0.2, 0.25) is 0 Å². The largest absolute Gasteiger partial charge is 0.481 e. The minimum Gasteiger partial charge on any atom is -0.481 e. The number of allylic oxidation sites excluding steroid dienone is 3. The average Bonchev–Trinajstić information content (AvgIpc) is 3.73. The highest BCUT2D eigenvalue weighted by Gasteiger charge is 2.63. The maximum atomic E-state index is 13.9. The van der Waals surface area contributed by atoms with Crippen LogP contribution in [-0.2, 0) is 0 Å². The van der Waals surface area contributed by atoms with Crippen LogP contribution in [0, 0.1) is 29.6 Å². The molecule has 0 spiro atoms. The fourth-order valence-electron chi connectivity index (χ4n) is 5.63. The summed E-state index contributed by atoms with van der Waals surface area (Å²) in [7, 11) is 1.54. The third-order valence-corrected chi connectivity index (χ3v) is 7.91. The van der Waals surface area contributed by atoms with Crippen molar-refractivity contribution < 1.29 is 19.0 Å². The number of pyridine rings is 2. The van der Waals surface area contributed by atoms with Gasteiger partial charge in [0, 0.05) is 36.7 Å². The van der Waals surface area contributed by atoms with Gasteiger partial charge in [0.25, 0.3) is 5.91 Å². The molecular weight excluding hydrogens is 509 g/mol. The lowest BCUT2D eigenvalue weighted by atomic mass is 9.75. The SMILES string of the molecule is C=C(F)/C=C(\C=C(/CC)c1ccc(OC)nc1)CNC(=O)c1cc(N2CC[C@@](C#N)(C3CC3)C2(C)O)cc(C)n1. The second kappa shape index (κ2) is 11.6. The van der Waals surface area contributed by atoms with E-state index in [9.17, 15) is 19.6 Å². The minimum absolute atomic E-state index is 0.0421. The Bertz CT molecular complexity index is 1390. The molecule has 2 atom stereocenters. The van der Waals surface area contributed by atoms with Crippen molar-refractivity contribution in [2.24, 2.45) is 11.3 Å². The minimum atomic E-state index is -1.38. The topological polar surface area (TPSA) is 111 Å². The highest BCUT2D eigenvalue weighted by Crippen LogP contribution is 2.58. The van der Waals surface area contributed by atoms with E-state index in [4.69, 9.17) is 4.74 Å². The van der Waals surface area contributed by atoms with Crippen LogP contribution < -0.4 is 15.0 Å². The predicted molar refractivity (Wildman–Crippen MR) is 152 cm³/mol. The summed E-state index contributed by atoms with van der Waals surface area (Å²) in [4.78, 5) is 23.7. The van der Waals surface area contributed by atoms with E-state index in [0.717, 1.165) is 24.0 Å². The van der Waals surface area contributed by atoms with Gasteiger partial charge in [-0.25, -0.2) is 14.4 Å². The maximum absolute atomic E-state index is 13.9. The standard InChI is InChI=1S/C31H36FN5O3/c1-6-23(24-7-10-28(40-5)34-18-24)15-22(13-20(2)32)17-35-29(38)27-16-26(14-21(3)36-27)37-12-11-31(19-33,25-8-9-25)30(37,4)39/h7,10,13-16,18,25,39H,2,6,8-9,11-12,17H2,1,3-5H3,(H,35,38)/b22-13+,23-15+/t30?,31-/m1/s1. The molecule has 4 rings (SSSR count). The van der Waals surface area contributed by atoms with Crippen LogP contribution in [0.1, 0.15) is 61.3 Å². The molecule has 2 N–H and O–H groups in total. The Balaban J connectivity index is 1.54. The first kappa shape index (κ1) is 29.0. The molecule has 2 fully saturated rings. The van der Waals surface area contributed by atoms with Gasteiger partial charge in [0.05, 0.1) is 13.2 Å². The van der Waals surface area contributed by atoms with Crippen molar-refractivity contribution in [3.63, 3.8) is 0 Å². The number of hydrogen-bond donors (Lipinski definition) is 2. The van der Waals surface area contributed by atoms with Crippen molar-refractivity contribution in [2.45, 2.75) is 52.2 Å². The summed E-state index contributed by atoms with van der Waals surface area (Å²) in [5.41, 5.74) is 1.47. The number of rotatable bonds is 10. The first-order valence-electron chi connectivity index (χ1n) is 13.5. The van der Waals surface area contributed by atoms with Gasteiger partial charge in [-0.2, -0.15) is 5.26 Å². The zero-order chi connectivity index (χ0) is 29.1. The van der Waals surface area contributed by atoms with Crippen LogP contribution in [0.5, 0.6) is 5.88 Å². The van der Waals surface area contributed by atoms with Crippen molar-refractivity contribution in [1.29, 1.82) is 5.26 Å². The van der Waals surface area contributed by atoms with Gasteiger partial charge in [0.15, 0.2) is 5.72 Å². The van der Waals surface area contributed by atoms with Crippen LogP contribution in [0.3, 0.4) is 0 Å². The predicted octanol–water partition coefficient (Wildman–Crippen LogP) is 5.27. The first-order valence-corrected chi connectivity index (χ1v) is 13.5. The first-order chi connectivity index (χ1) is 19.0. The Morgan fingerprint density at radius 3 is 2.70 bits per heavy atom. The van der Waals surface area contributed by atoms with E-state index in [1.807, 2.05) is 25.1 Å². The third kappa shape index (κ3) is 5.77. The molecule has 9 heteroatoms. The molecule has 3 heterocycles. The second-order valence-corrected chi connectivity index (χ2v) is 10.6. The molecule has 0 radical (unpaired) electrons.